The van der Waals surface area contributed by atoms with E-state index in [-0.39, 0.29) is 17.3 Å². The molecule has 2 aromatic carbocycles. The summed E-state index contributed by atoms with van der Waals surface area (Å²) in [5.74, 6) is 0.0147. The quantitative estimate of drug-likeness (QED) is 0.271. The lowest BCUT2D eigenvalue weighted by molar-refractivity contribution is -0.123. The smallest absolute Gasteiger partial charge is 0.276 e. The summed E-state index contributed by atoms with van der Waals surface area (Å²) >= 11 is 8.39. The average molecular weight is 510 g/mol. The fourth-order valence-corrected chi connectivity index (χ4v) is 2.88. The van der Waals surface area contributed by atoms with Gasteiger partial charge >= 0.3 is 0 Å². The van der Waals surface area contributed by atoms with Crippen LogP contribution in [0.2, 0.25) is 0 Å². The highest BCUT2D eigenvalue weighted by molar-refractivity contribution is 9.10. The van der Waals surface area contributed by atoms with Crippen molar-refractivity contribution >= 4 is 45.1 Å². The standard InChI is InChI=1S/C21H24BrN3O5S/c1-3-14-4-7-16(8-5-14)30-13-19(26)24-25-21(31)23-20(27)17-12-15(22)6-9-18(17)29-11-10-28-2/h4-9,12H,3,10-11,13H2,1-2H3,(H,24,26)(H2,23,25,27,31). The Morgan fingerprint density at radius 3 is 2.45 bits per heavy atom. The monoisotopic (exact) mass is 509 g/mol. The van der Waals surface area contributed by atoms with Gasteiger partial charge in [-0.2, -0.15) is 0 Å². The van der Waals surface area contributed by atoms with Gasteiger partial charge < -0.3 is 14.2 Å². The molecule has 0 aromatic heterocycles. The van der Waals surface area contributed by atoms with Gasteiger partial charge in [-0.15, -0.1) is 0 Å². The molecule has 166 valence electrons. The zero-order valence-corrected chi connectivity index (χ0v) is 19.6. The Bertz CT molecular complexity index is 908. The fraction of sp³-hybridized carbons (Fsp3) is 0.286. The summed E-state index contributed by atoms with van der Waals surface area (Å²) in [5, 5.41) is 2.41. The fourth-order valence-electron chi connectivity index (χ4n) is 2.37. The number of halogens is 1. The van der Waals surface area contributed by atoms with Crippen molar-refractivity contribution in [1.29, 1.82) is 0 Å². The lowest BCUT2D eigenvalue weighted by Gasteiger charge is -2.14. The molecule has 0 unspecified atom stereocenters. The van der Waals surface area contributed by atoms with Crippen LogP contribution in [-0.4, -0.2) is 43.9 Å². The third-order valence-corrected chi connectivity index (χ3v) is 4.67. The first-order valence-corrected chi connectivity index (χ1v) is 10.7. The predicted molar refractivity (Wildman–Crippen MR) is 124 cm³/mol. The van der Waals surface area contributed by atoms with E-state index < -0.39 is 11.8 Å². The number of aryl methyl sites for hydroxylation is 1. The number of methoxy groups -OCH3 is 1. The van der Waals surface area contributed by atoms with Crippen LogP contribution < -0.4 is 25.6 Å². The number of hydrogen-bond donors (Lipinski definition) is 3. The molecule has 0 fully saturated rings. The molecule has 0 spiro atoms. The van der Waals surface area contributed by atoms with Crippen molar-refractivity contribution in [3.63, 3.8) is 0 Å². The number of hydrazine groups is 1. The van der Waals surface area contributed by atoms with Crippen molar-refractivity contribution < 1.29 is 23.8 Å². The van der Waals surface area contributed by atoms with Gasteiger partial charge in [0.2, 0.25) is 0 Å². The van der Waals surface area contributed by atoms with Crippen LogP contribution in [0.4, 0.5) is 0 Å². The second kappa shape index (κ2) is 12.9. The minimum atomic E-state index is -0.493. The molecule has 10 heteroatoms. The lowest BCUT2D eigenvalue weighted by atomic mass is 10.2. The predicted octanol–water partition coefficient (Wildman–Crippen LogP) is 2.75. The number of benzene rings is 2. The summed E-state index contributed by atoms with van der Waals surface area (Å²) in [6.07, 6.45) is 0.925. The summed E-state index contributed by atoms with van der Waals surface area (Å²) in [7, 11) is 1.56. The molecule has 0 radical (unpaired) electrons. The normalized spacial score (nSPS) is 10.2. The van der Waals surface area contributed by atoms with Gasteiger partial charge in [0.1, 0.15) is 18.1 Å². The van der Waals surface area contributed by atoms with Crippen LogP contribution in [0.5, 0.6) is 11.5 Å². The molecular weight excluding hydrogens is 486 g/mol. The van der Waals surface area contributed by atoms with E-state index in [2.05, 4.69) is 39.0 Å². The highest BCUT2D eigenvalue weighted by Crippen LogP contribution is 2.23. The van der Waals surface area contributed by atoms with Gasteiger partial charge in [0, 0.05) is 11.6 Å². The third-order valence-electron chi connectivity index (χ3n) is 3.98. The van der Waals surface area contributed by atoms with Crippen molar-refractivity contribution in [2.24, 2.45) is 0 Å². The second-order valence-electron chi connectivity index (χ2n) is 6.22. The van der Waals surface area contributed by atoms with E-state index >= 15 is 0 Å². The molecule has 0 saturated heterocycles. The van der Waals surface area contributed by atoms with Crippen molar-refractivity contribution in [3.8, 4) is 11.5 Å². The Hall–Kier alpha value is -2.69. The average Bonchev–Trinajstić information content (AvgIpc) is 2.77. The second-order valence-corrected chi connectivity index (χ2v) is 7.55. The first-order chi connectivity index (χ1) is 14.9. The van der Waals surface area contributed by atoms with Crippen LogP contribution in [-0.2, 0) is 16.0 Å². The molecule has 0 atom stereocenters. The maximum atomic E-state index is 12.6. The molecule has 31 heavy (non-hydrogen) atoms. The molecular formula is C21H24BrN3O5S. The van der Waals surface area contributed by atoms with Crippen molar-refractivity contribution in [2.45, 2.75) is 13.3 Å². The van der Waals surface area contributed by atoms with Gasteiger partial charge in [-0.25, -0.2) is 0 Å². The van der Waals surface area contributed by atoms with Crippen LogP contribution >= 0.6 is 28.1 Å². The third kappa shape index (κ3) is 8.52. The van der Waals surface area contributed by atoms with E-state index in [1.54, 1.807) is 37.4 Å². The molecule has 2 rings (SSSR count). The summed E-state index contributed by atoms with van der Waals surface area (Å²) < 4.78 is 16.6. The van der Waals surface area contributed by atoms with E-state index in [9.17, 15) is 9.59 Å². The van der Waals surface area contributed by atoms with Crippen LogP contribution in [0.3, 0.4) is 0 Å². The summed E-state index contributed by atoms with van der Waals surface area (Å²) in [5.41, 5.74) is 6.30. The lowest BCUT2D eigenvalue weighted by Crippen LogP contribution is -2.49. The van der Waals surface area contributed by atoms with E-state index in [1.165, 1.54) is 5.56 Å². The summed E-state index contributed by atoms with van der Waals surface area (Å²) in [6.45, 7) is 2.52. The molecule has 8 nitrogen and oxygen atoms in total. The molecule has 0 aliphatic heterocycles. The number of nitrogens with one attached hydrogen (secondary N) is 3. The number of thiocarbonyl (C=S) groups is 1. The number of rotatable bonds is 9. The van der Waals surface area contributed by atoms with Crippen molar-refractivity contribution in [3.05, 3.63) is 58.1 Å². The topological polar surface area (TPSA) is 97.9 Å². The zero-order valence-electron chi connectivity index (χ0n) is 17.2. The highest BCUT2D eigenvalue weighted by Gasteiger charge is 2.15. The Labute approximate surface area is 194 Å². The van der Waals surface area contributed by atoms with E-state index in [0.29, 0.717) is 29.2 Å². The minimum Gasteiger partial charge on any atom is -0.490 e. The first kappa shape index (κ1) is 24.6. The number of carbonyl (C=O) groups excluding carboxylic acids is 2. The molecule has 0 aliphatic rings. The van der Waals surface area contributed by atoms with E-state index in [1.807, 2.05) is 12.1 Å². The van der Waals surface area contributed by atoms with Crippen LogP contribution in [0.15, 0.2) is 46.9 Å². The highest BCUT2D eigenvalue weighted by atomic mass is 79.9. The Morgan fingerprint density at radius 2 is 1.77 bits per heavy atom. The minimum absolute atomic E-state index is 0.0755. The van der Waals surface area contributed by atoms with Gasteiger partial charge in [0.15, 0.2) is 11.7 Å². The molecule has 0 heterocycles. The van der Waals surface area contributed by atoms with Crippen molar-refractivity contribution in [1.82, 2.24) is 16.2 Å². The maximum Gasteiger partial charge on any atom is 0.276 e. The molecule has 2 aromatic rings. The molecule has 2 amide bonds. The summed E-state index contributed by atoms with van der Waals surface area (Å²) in [4.78, 5) is 24.5. The maximum absolute atomic E-state index is 12.6. The van der Waals surface area contributed by atoms with E-state index in [0.717, 1.165) is 6.42 Å². The summed E-state index contributed by atoms with van der Waals surface area (Å²) in [6, 6.07) is 12.5. The van der Waals surface area contributed by atoms with Gasteiger partial charge in [-0.05, 0) is 54.5 Å². The van der Waals surface area contributed by atoms with Crippen LogP contribution in [0.25, 0.3) is 0 Å². The molecule has 0 bridgehead atoms. The molecule has 0 aliphatic carbocycles. The molecule has 0 saturated carbocycles. The zero-order chi connectivity index (χ0) is 22.6. The number of ether oxygens (including phenoxy) is 3. The van der Waals surface area contributed by atoms with Crippen LogP contribution in [0, 0.1) is 0 Å². The van der Waals surface area contributed by atoms with Gasteiger partial charge in [-0.1, -0.05) is 35.0 Å². The Kier molecular flexibility index (Phi) is 10.2. The van der Waals surface area contributed by atoms with Gasteiger partial charge in [0.05, 0.1) is 12.2 Å². The largest absolute Gasteiger partial charge is 0.490 e. The van der Waals surface area contributed by atoms with Crippen LogP contribution in [0.1, 0.15) is 22.8 Å². The van der Waals surface area contributed by atoms with Gasteiger partial charge in [0.25, 0.3) is 11.8 Å². The first-order valence-electron chi connectivity index (χ1n) is 9.46. The Balaban J connectivity index is 1.81. The number of carbonyl (C=O) groups is 2. The van der Waals surface area contributed by atoms with Crippen molar-refractivity contribution in [2.75, 3.05) is 26.9 Å². The number of amides is 2. The Morgan fingerprint density at radius 1 is 1.03 bits per heavy atom. The number of hydrogen-bond acceptors (Lipinski definition) is 6. The molecule has 3 N–H and O–H groups in total. The van der Waals surface area contributed by atoms with Gasteiger partial charge in [-0.3, -0.25) is 25.8 Å². The van der Waals surface area contributed by atoms with E-state index in [4.69, 9.17) is 26.4 Å². The SMILES string of the molecule is CCc1ccc(OCC(=O)NNC(=S)NC(=O)c2cc(Br)ccc2OCCOC)cc1.